The molecule has 0 unspecified atom stereocenters. The summed E-state index contributed by atoms with van der Waals surface area (Å²) in [6, 6.07) is 0. The maximum absolute atomic E-state index is 5.28. The Balaban J connectivity index is 3.74. The largest absolute Gasteiger partial charge is 0.402 e. The normalized spacial score (nSPS) is 12.3. The molecular formula is C6H11N3. The first-order valence-electron chi connectivity index (χ1n) is 2.53. The summed E-state index contributed by atoms with van der Waals surface area (Å²) in [5.41, 5.74) is 11.1. The molecule has 3 nitrogen and oxygen atoms in total. The van der Waals surface area contributed by atoms with Crippen LogP contribution in [0.15, 0.2) is 29.2 Å². The fourth-order valence-electron chi connectivity index (χ4n) is 0.251. The van der Waals surface area contributed by atoms with Gasteiger partial charge in [0.05, 0.1) is 0 Å². The highest BCUT2D eigenvalue weighted by atomic mass is 14.9. The topological polar surface area (TPSA) is 64.4 Å². The number of hydrogen-bond acceptors (Lipinski definition) is 3. The van der Waals surface area contributed by atoms with E-state index in [0.29, 0.717) is 5.70 Å². The van der Waals surface area contributed by atoms with Crippen molar-refractivity contribution in [2.45, 2.75) is 6.92 Å². The summed E-state index contributed by atoms with van der Waals surface area (Å²) in [5.74, 6) is 0.285. The van der Waals surface area contributed by atoms with Crippen LogP contribution in [-0.2, 0) is 0 Å². The molecule has 0 aliphatic carbocycles. The number of rotatable bonds is 2. The lowest BCUT2D eigenvalue weighted by molar-refractivity contribution is 1.27. The molecule has 0 atom stereocenters. The van der Waals surface area contributed by atoms with E-state index in [2.05, 4.69) is 11.6 Å². The van der Waals surface area contributed by atoms with E-state index in [1.54, 1.807) is 13.0 Å². The van der Waals surface area contributed by atoms with Crippen LogP contribution in [0.2, 0.25) is 0 Å². The third-order valence-corrected chi connectivity index (χ3v) is 0.578. The molecule has 0 heterocycles. The lowest BCUT2D eigenvalue weighted by atomic mass is 10.5. The molecule has 0 saturated carbocycles. The minimum absolute atomic E-state index is 0.285. The summed E-state index contributed by atoms with van der Waals surface area (Å²) in [5, 5.41) is 0. The van der Waals surface area contributed by atoms with E-state index in [9.17, 15) is 0 Å². The molecule has 0 bridgehead atoms. The minimum Gasteiger partial charge on any atom is -0.402 e. The maximum atomic E-state index is 5.28. The highest BCUT2D eigenvalue weighted by molar-refractivity contribution is 5.72. The number of nitrogens with two attached hydrogens (primary N) is 2. The molecule has 0 aliphatic rings. The Morgan fingerprint density at radius 1 is 1.56 bits per heavy atom. The van der Waals surface area contributed by atoms with Crippen LogP contribution < -0.4 is 11.5 Å². The molecule has 0 fully saturated rings. The van der Waals surface area contributed by atoms with Crippen LogP contribution >= 0.6 is 0 Å². The molecule has 0 amide bonds. The van der Waals surface area contributed by atoms with Gasteiger partial charge in [-0.05, 0) is 13.0 Å². The highest BCUT2D eigenvalue weighted by Gasteiger charge is 1.72. The van der Waals surface area contributed by atoms with Crippen LogP contribution in [0.25, 0.3) is 0 Å². The summed E-state index contributed by atoms with van der Waals surface area (Å²) < 4.78 is 0. The Labute approximate surface area is 54.8 Å². The molecule has 50 valence electrons. The van der Waals surface area contributed by atoms with Gasteiger partial charge in [-0.1, -0.05) is 6.58 Å². The van der Waals surface area contributed by atoms with Crippen LogP contribution in [-0.4, -0.2) is 6.21 Å². The van der Waals surface area contributed by atoms with Crippen molar-refractivity contribution in [2.24, 2.45) is 16.5 Å². The van der Waals surface area contributed by atoms with Crippen molar-refractivity contribution in [3.05, 3.63) is 24.2 Å². The molecule has 0 aliphatic heterocycles. The molecular weight excluding hydrogens is 114 g/mol. The van der Waals surface area contributed by atoms with Crippen molar-refractivity contribution in [3.63, 3.8) is 0 Å². The Morgan fingerprint density at radius 3 is 2.44 bits per heavy atom. The van der Waals surface area contributed by atoms with Crippen molar-refractivity contribution in [2.75, 3.05) is 0 Å². The highest BCUT2D eigenvalue weighted by Crippen LogP contribution is 1.79. The summed E-state index contributed by atoms with van der Waals surface area (Å²) in [6.07, 6.45) is 3.16. The minimum atomic E-state index is 0.285. The van der Waals surface area contributed by atoms with Crippen molar-refractivity contribution in [1.29, 1.82) is 0 Å². The molecule has 9 heavy (non-hydrogen) atoms. The van der Waals surface area contributed by atoms with E-state index in [4.69, 9.17) is 11.5 Å². The fourth-order valence-corrected chi connectivity index (χ4v) is 0.251. The van der Waals surface area contributed by atoms with E-state index in [0.717, 1.165) is 0 Å². The van der Waals surface area contributed by atoms with Gasteiger partial charge in [-0.15, -0.1) is 0 Å². The monoisotopic (exact) mass is 125 g/mol. The van der Waals surface area contributed by atoms with Gasteiger partial charge in [0, 0.05) is 11.9 Å². The smallest absolute Gasteiger partial charge is 0.115 e. The Kier molecular flexibility index (Phi) is 3.20. The number of hydrogen-bond donors (Lipinski definition) is 2. The van der Waals surface area contributed by atoms with Gasteiger partial charge in [-0.2, -0.15) is 0 Å². The zero-order valence-electron chi connectivity index (χ0n) is 5.46. The number of aliphatic imine (C=N–C) groups is 1. The molecule has 0 aromatic carbocycles. The average molecular weight is 125 g/mol. The molecule has 0 radical (unpaired) electrons. The van der Waals surface area contributed by atoms with Crippen LogP contribution in [0.5, 0.6) is 0 Å². The molecule has 0 rings (SSSR count). The predicted molar refractivity (Wildman–Crippen MR) is 39.8 cm³/mol. The molecule has 0 aromatic rings. The summed E-state index contributed by atoms with van der Waals surface area (Å²) in [6.45, 7) is 5.13. The number of allylic oxidation sites excluding steroid dienone is 2. The van der Waals surface area contributed by atoms with Gasteiger partial charge in [-0.3, -0.25) is 0 Å². The summed E-state index contributed by atoms with van der Waals surface area (Å²) >= 11 is 0. The molecule has 4 N–H and O–H groups in total. The third-order valence-electron chi connectivity index (χ3n) is 0.578. The third kappa shape index (κ3) is 6.75. The summed E-state index contributed by atoms with van der Waals surface area (Å²) in [7, 11) is 0. The van der Waals surface area contributed by atoms with Gasteiger partial charge >= 0.3 is 0 Å². The van der Waals surface area contributed by atoms with Gasteiger partial charge < -0.3 is 11.5 Å². The van der Waals surface area contributed by atoms with Crippen molar-refractivity contribution in [3.8, 4) is 0 Å². The molecule has 0 aromatic heterocycles. The van der Waals surface area contributed by atoms with Crippen LogP contribution in [0, 0.1) is 0 Å². The molecule has 0 spiro atoms. The second kappa shape index (κ2) is 3.72. The zero-order valence-corrected chi connectivity index (χ0v) is 5.46. The van der Waals surface area contributed by atoms with Gasteiger partial charge in [0.25, 0.3) is 0 Å². The van der Waals surface area contributed by atoms with E-state index in [1.165, 1.54) is 6.21 Å². The van der Waals surface area contributed by atoms with Crippen LogP contribution in [0.1, 0.15) is 6.92 Å². The Hall–Kier alpha value is -1.25. The maximum Gasteiger partial charge on any atom is 0.115 e. The second-order valence-electron chi connectivity index (χ2n) is 1.68. The standard InChI is InChI=1S/C6H11N3/c1-5(7)3-4-9-6(2)8/h3-4H,2,7-8H2,1H3/b5-3-,9-4-. The molecule has 0 saturated heterocycles. The van der Waals surface area contributed by atoms with Crippen molar-refractivity contribution in [1.82, 2.24) is 0 Å². The van der Waals surface area contributed by atoms with E-state index < -0.39 is 0 Å². The lowest BCUT2D eigenvalue weighted by Crippen LogP contribution is -1.92. The van der Waals surface area contributed by atoms with Gasteiger partial charge in [0.1, 0.15) is 5.82 Å². The van der Waals surface area contributed by atoms with Gasteiger partial charge in [0.2, 0.25) is 0 Å². The van der Waals surface area contributed by atoms with Gasteiger partial charge in [0.15, 0.2) is 0 Å². The first kappa shape index (κ1) is 7.75. The number of nitrogens with zero attached hydrogens (tertiary/aromatic N) is 1. The SMILES string of the molecule is C=C(N)/N=C\C=C(\C)N. The molecule has 3 heteroatoms. The Morgan fingerprint density at radius 2 is 2.11 bits per heavy atom. The van der Waals surface area contributed by atoms with E-state index in [-0.39, 0.29) is 5.82 Å². The van der Waals surface area contributed by atoms with Gasteiger partial charge in [-0.25, -0.2) is 4.99 Å². The zero-order chi connectivity index (χ0) is 7.28. The first-order valence-corrected chi connectivity index (χ1v) is 2.53. The predicted octanol–water partition coefficient (Wildman–Crippen LogP) is 0.350. The quantitative estimate of drug-likeness (QED) is 0.523. The fraction of sp³-hybridized carbons (Fsp3) is 0.167. The van der Waals surface area contributed by atoms with E-state index >= 15 is 0 Å². The average Bonchev–Trinajstić information content (AvgIpc) is 1.63. The van der Waals surface area contributed by atoms with Crippen molar-refractivity contribution >= 4 is 6.21 Å². The van der Waals surface area contributed by atoms with Crippen LogP contribution in [0.3, 0.4) is 0 Å². The van der Waals surface area contributed by atoms with Crippen LogP contribution in [0.4, 0.5) is 0 Å². The first-order chi connectivity index (χ1) is 4.13. The Bertz CT molecular complexity index is 152. The lowest BCUT2D eigenvalue weighted by Gasteiger charge is -1.84. The second-order valence-corrected chi connectivity index (χ2v) is 1.68. The van der Waals surface area contributed by atoms with Crippen molar-refractivity contribution < 1.29 is 0 Å². The summed E-state index contributed by atoms with van der Waals surface area (Å²) in [4.78, 5) is 3.67. The van der Waals surface area contributed by atoms with E-state index in [1.807, 2.05) is 0 Å².